The van der Waals surface area contributed by atoms with Crippen LogP contribution in [0, 0.1) is 0 Å². The Morgan fingerprint density at radius 1 is 0.923 bits per heavy atom. The first-order valence-electron chi connectivity index (χ1n) is 12.6. The molecule has 0 saturated heterocycles. The van der Waals surface area contributed by atoms with Gasteiger partial charge in [-0.3, -0.25) is 14.8 Å². The van der Waals surface area contributed by atoms with Gasteiger partial charge in [-0.05, 0) is 74.5 Å². The van der Waals surface area contributed by atoms with Crippen molar-refractivity contribution in [2.75, 3.05) is 32.3 Å². The van der Waals surface area contributed by atoms with Crippen LogP contribution in [-0.2, 0) is 4.74 Å². The third kappa shape index (κ3) is 4.67. The minimum absolute atomic E-state index is 0.249. The van der Waals surface area contributed by atoms with Crippen LogP contribution in [0.2, 0.25) is 0 Å². The molecule has 9 heteroatoms. The van der Waals surface area contributed by atoms with E-state index in [2.05, 4.69) is 10.2 Å². The zero-order valence-corrected chi connectivity index (χ0v) is 22.2. The number of nitrogens with one attached hydrogen (secondary N) is 1. The van der Waals surface area contributed by atoms with Crippen LogP contribution in [0.25, 0.3) is 11.3 Å². The summed E-state index contributed by atoms with van der Waals surface area (Å²) in [6.45, 7) is 4.53. The van der Waals surface area contributed by atoms with Crippen molar-refractivity contribution in [2.45, 2.75) is 19.9 Å². The highest BCUT2D eigenvalue weighted by atomic mass is 16.5. The second kappa shape index (κ2) is 10.9. The van der Waals surface area contributed by atoms with Gasteiger partial charge in [0, 0.05) is 28.4 Å². The number of carbonyl (C=O) groups excluding carboxylic acids is 2. The third-order valence-electron chi connectivity index (χ3n) is 6.60. The van der Waals surface area contributed by atoms with E-state index >= 15 is 0 Å². The van der Waals surface area contributed by atoms with Crippen molar-refractivity contribution < 1.29 is 28.5 Å². The van der Waals surface area contributed by atoms with Gasteiger partial charge in [0.1, 0.15) is 22.9 Å². The Labute approximate surface area is 226 Å². The summed E-state index contributed by atoms with van der Waals surface area (Å²) >= 11 is 0. The van der Waals surface area contributed by atoms with Gasteiger partial charge in [0.05, 0.1) is 44.7 Å². The number of rotatable bonds is 9. The van der Waals surface area contributed by atoms with E-state index in [9.17, 15) is 9.59 Å². The van der Waals surface area contributed by atoms with Crippen molar-refractivity contribution in [3.8, 4) is 28.5 Å². The molecule has 9 nitrogen and oxygen atoms in total. The molecule has 2 heterocycles. The van der Waals surface area contributed by atoms with E-state index in [1.807, 2.05) is 43.3 Å². The number of anilines is 1. The summed E-state index contributed by atoms with van der Waals surface area (Å²) in [5.41, 5.74) is 4.36. The van der Waals surface area contributed by atoms with E-state index in [0.717, 1.165) is 22.4 Å². The highest BCUT2D eigenvalue weighted by Crippen LogP contribution is 2.48. The number of aromatic nitrogens is 2. The monoisotopic (exact) mass is 527 g/mol. The van der Waals surface area contributed by atoms with Crippen LogP contribution in [0.1, 0.15) is 51.9 Å². The standard InChI is InChI=1S/C30H29N3O6/c1-5-38-21-13-9-18(10-14-21)26-25-27(32-31-26)29(34)33(20-11-7-19(8-12-20)30(35)39-6-2)28(25)23-16-15-22(36-3)17-24(23)37-4/h7-17,28H,5-6H2,1-4H3,(H,31,32)/t28-/m1/s1. The van der Waals surface area contributed by atoms with Crippen molar-refractivity contribution in [1.29, 1.82) is 0 Å². The summed E-state index contributed by atoms with van der Waals surface area (Å²) in [4.78, 5) is 27.8. The minimum atomic E-state index is -0.567. The lowest BCUT2D eigenvalue weighted by atomic mass is 9.95. The van der Waals surface area contributed by atoms with Crippen LogP contribution in [0.15, 0.2) is 66.7 Å². The van der Waals surface area contributed by atoms with E-state index in [4.69, 9.17) is 18.9 Å². The van der Waals surface area contributed by atoms with Crippen molar-refractivity contribution >= 4 is 17.6 Å². The first-order valence-corrected chi connectivity index (χ1v) is 12.6. The molecule has 39 heavy (non-hydrogen) atoms. The van der Waals surface area contributed by atoms with Gasteiger partial charge in [0.2, 0.25) is 0 Å². The number of amides is 1. The lowest BCUT2D eigenvalue weighted by molar-refractivity contribution is 0.0526. The summed E-state index contributed by atoms with van der Waals surface area (Å²) in [7, 11) is 3.17. The number of ether oxygens (including phenoxy) is 4. The molecule has 1 amide bonds. The Hall–Kier alpha value is -4.79. The number of hydrogen-bond acceptors (Lipinski definition) is 7. The molecule has 0 saturated carbocycles. The van der Waals surface area contributed by atoms with Gasteiger partial charge in [-0.2, -0.15) is 5.10 Å². The molecular formula is C30H29N3O6. The Kier molecular flexibility index (Phi) is 7.23. The van der Waals surface area contributed by atoms with Crippen LogP contribution in [0.3, 0.4) is 0 Å². The van der Waals surface area contributed by atoms with E-state index in [1.54, 1.807) is 56.4 Å². The molecule has 3 aromatic carbocycles. The molecule has 200 valence electrons. The zero-order chi connectivity index (χ0) is 27.5. The van der Waals surface area contributed by atoms with E-state index in [-0.39, 0.29) is 12.5 Å². The number of H-pyrrole nitrogens is 1. The highest BCUT2D eigenvalue weighted by molar-refractivity contribution is 6.12. The fourth-order valence-corrected chi connectivity index (χ4v) is 4.82. The van der Waals surface area contributed by atoms with Gasteiger partial charge >= 0.3 is 5.97 Å². The Morgan fingerprint density at radius 3 is 2.28 bits per heavy atom. The first-order chi connectivity index (χ1) is 19.0. The fourth-order valence-electron chi connectivity index (χ4n) is 4.82. The molecule has 0 unspecified atom stereocenters. The topological polar surface area (TPSA) is 103 Å². The Morgan fingerprint density at radius 2 is 1.64 bits per heavy atom. The van der Waals surface area contributed by atoms with Gasteiger partial charge in [-0.25, -0.2) is 4.79 Å². The maximum absolute atomic E-state index is 13.9. The van der Waals surface area contributed by atoms with Crippen LogP contribution in [0.4, 0.5) is 5.69 Å². The SMILES string of the molecule is CCOC(=O)c1ccc(N2C(=O)c3[nH]nc(-c4ccc(OCC)cc4)c3[C@H]2c2ccc(OC)cc2OC)cc1. The van der Waals surface area contributed by atoms with E-state index in [1.165, 1.54) is 0 Å². The molecule has 0 bridgehead atoms. The first kappa shape index (κ1) is 25.8. The van der Waals surface area contributed by atoms with E-state index in [0.29, 0.717) is 40.7 Å². The second-order valence-corrected chi connectivity index (χ2v) is 8.77. The lowest BCUT2D eigenvalue weighted by Gasteiger charge is -2.28. The smallest absolute Gasteiger partial charge is 0.338 e. The number of benzene rings is 3. The molecule has 0 fully saturated rings. The predicted molar refractivity (Wildman–Crippen MR) is 146 cm³/mol. The number of nitrogens with zero attached hydrogens (tertiary/aromatic N) is 2. The van der Waals surface area contributed by atoms with Crippen LogP contribution in [0.5, 0.6) is 17.2 Å². The molecule has 0 radical (unpaired) electrons. The fraction of sp³-hybridized carbons (Fsp3) is 0.233. The molecule has 1 aliphatic heterocycles. The average Bonchev–Trinajstić information content (AvgIpc) is 3.52. The number of fused-ring (bicyclic) bond motifs is 1. The maximum atomic E-state index is 13.9. The number of methoxy groups -OCH3 is 2. The molecule has 1 N–H and O–H groups in total. The number of carbonyl (C=O) groups is 2. The van der Waals surface area contributed by atoms with Gasteiger partial charge in [0.25, 0.3) is 5.91 Å². The maximum Gasteiger partial charge on any atom is 0.338 e. The number of aromatic amines is 1. The molecule has 1 aliphatic rings. The third-order valence-corrected chi connectivity index (χ3v) is 6.60. The second-order valence-electron chi connectivity index (χ2n) is 8.77. The molecule has 0 aliphatic carbocycles. The summed E-state index contributed by atoms with van der Waals surface area (Å²) < 4.78 is 21.9. The van der Waals surface area contributed by atoms with Gasteiger partial charge < -0.3 is 18.9 Å². The zero-order valence-electron chi connectivity index (χ0n) is 22.2. The average molecular weight is 528 g/mol. The molecule has 5 rings (SSSR count). The summed E-state index contributed by atoms with van der Waals surface area (Å²) in [5.74, 6) is 1.27. The summed E-state index contributed by atoms with van der Waals surface area (Å²) in [6, 6.07) is 19.3. The highest BCUT2D eigenvalue weighted by Gasteiger charge is 2.44. The summed E-state index contributed by atoms with van der Waals surface area (Å²) in [6.07, 6.45) is 0. The van der Waals surface area contributed by atoms with Crippen molar-refractivity contribution in [2.24, 2.45) is 0 Å². The molecular weight excluding hydrogens is 498 g/mol. The van der Waals surface area contributed by atoms with Crippen molar-refractivity contribution in [3.05, 3.63) is 89.1 Å². The van der Waals surface area contributed by atoms with Gasteiger partial charge in [-0.15, -0.1) is 0 Å². The number of esters is 1. The van der Waals surface area contributed by atoms with Gasteiger partial charge in [-0.1, -0.05) is 0 Å². The van der Waals surface area contributed by atoms with E-state index < -0.39 is 12.0 Å². The molecule has 4 aromatic rings. The van der Waals surface area contributed by atoms with Crippen LogP contribution in [-0.4, -0.2) is 49.5 Å². The normalized spacial score (nSPS) is 14.2. The van der Waals surface area contributed by atoms with Crippen molar-refractivity contribution in [3.63, 3.8) is 0 Å². The minimum Gasteiger partial charge on any atom is -0.497 e. The largest absolute Gasteiger partial charge is 0.497 e. The Bertz CT molecular complexity index is 1490. The molecule has 1 aromatic heterocycles. The number of hydrogen-bond donors (Lipinski definition) is 1. The lowest BCUT2D eigenvalue weighted by Crippen LogP contribution is -2.29. The summed E-state index contributed by atoms with van der Waals surface area (Å²) in [5, 5.41) is 7.51. The molecule has 0 spiro atoms. The predicted octanol–water partition coefficient (Wildman–Crippen LogP) is 5.42. The van der Waals surface area contributed by atoms with Gasteiger partial charge in [0.15, 0.2) is 0 Å². The molecule has 1 atom stereocenters. The van der Waals surface area contributed by atoms with Crippen molar-refractivity contribution in [1.82, 2.24) is 10.2 Å². The van der Waals surface area contributed by atoms with Crippen LogP contribution < -0.4 is 19.1 Å². The quantitative estimate of drug-likeness (QED) is 0.290. The van der Waals surface area contributed by atoms with Crippen LogP contribution >= 0.6 is 0 Å². The Balaban J connectivity index is 1.65.